The van der Waals surface area contributed by atoms with Crippen molar-refractivity contribution in [2.24, 2.45) is 7.05 Å². The van der Waals surface area contributed by atoms with Crippen LogP contribution in [0.4, 0.5) is 5.69 Å². The highest BCUT2D eigenvalue weighted by Gasteiger charge is 2.09. The summed E-state index contributed by atoms with van der Waals surface area (Å²) in [5.74, 6) is 0.872. The van der Waals surface area contributed by atoms with E-state index in [2.05, 4.69) is 56.7 Å². The highest BCUT2D eigenvalue weighted by molar-refractivity contribution is 9.10. The van der Waals surface area contributed by atoms with Crippen molar-refractivity contribution in [3.05, 3.63) is 64.8 Å². The first kappa shape index (κ1) is 15.6. The van der Waals surface area contributed by atoms with E-state index in [0.29, 0.717) is 0 Å². The zero-order valence-corrected chi connectivity index (χ0v) is 14.7. The van der Waals surface area contributed by atoms with Crippen LogP contribution in [0.25, 0.3) is 11.3 Å². The zero-order chi connectivity index (χ0) is 16.2. The minimum Gasteiger partial charge on any atom is -0.497 e. The lowest BCUT2D eigenvalue weighted by molar-refractivity contribution is 0.414. The molecular weight excluding hydrogens is 354 g/mol. The van der Waals surface area contributed by atoms with Crippen molar-refractivity contribution >= 4 is 21.6 Å². The Labute approximate surface area is 144 Å². The van der Waals surface area contributed by atoms with Crippen LogP contribution < -0.4 is 10.1 Å². The number of benzene rings is 2. The number of aryl methyl sites for hydroxylation is 1. The molecule has 23 heavy (non-hydrogen) atoms. The van der Waals surface area contributed by atoms with Gasteiger partial charge in [0.1, 0.15) is 5.75 Å². The molecule has 0 radical (unpaired) electrons. The first-order valence-corrected chi connectivity index (χ1v) is 8.11. The van der Waals surface area contributed by atoms with Crippen LogP contribution in [0.2, 0.25) is 0 Å². The Morgan fingerprint density at radius 3 is 2.61 bits per heavy atom. The SMILES string of the molecule is COc1ccc(CNc2cccc(-c3c(Br)cnn3C)c2)cc1. The number of hydrogen-bond donors (Lipinski definition) is 1. The molecule has 3 rings (SSSR count). The standard InChI is InChI=1S/C18H18BrN3O/c1-22-18(17(19)12-21-22)14-4-3-5-15(10-14)20-11-13-6-8-16(23-2)9-7-13/h3-10,12,20H,11H2,1-2H3. The van der Waals surface area contributed by atoms with Crippen LogP contribution in [-0.4, -0.2) is 16.9 Å². The van der Waals surface area contributed by atoms with Crippen molar-refractivity contribution in [3.63, 3.8) is 0 Å². The first-order valence-electron chi connectivity index (χ1n) is 7.32. The Kier molecular flexibility index (Phi) is 4.67. The van der Waals surface area contributed by atoms with Crippen LogP contribution in [0.5, 0.6) is 5.75 Å². The molecular formula is C18H18BrN3O. The van der Waals surface area contributed by atoms with Crippen molar-refractivity contribution in [3.8, 4) is 17.0 Å². The average molecular weight is 372 g/mol. The van der Waals surface area contributed by atoms with Crippen LogP contribution in [0.3, 0.4) is 0 Å². The van der Waals surface area contributed by atoms with E-state index in [9.17, 15) is 0 Å². The number of nitrogens with zero attached hydrogens (tertiary/aromatic N) is 2. The fraction of sp³-hybridized carbons (Fsp3) is 0.167. The summed E-state index contributed by atoms with van der Waals surface area (Å²) in [6.45, 7) is 0.764. The van der Waals surface area contributed by atoms with E-state index in [1.54, 1.807) is 7.11 Å². The number of nitrogens with one attached hydrogen (secondary N) is 1. The molecule has 118 valence electrons. The average Bonchev–Trinajstić information content (AvgIpc) is 2.92. The second kappa shape index (κ2) is 6.87. The van der Waals surface area contributed by atoms with Crippen LogP contribution in [0, 0.1) is 0 Å². The number of halogens is 1. The maximum atomic E-state index is 5.18. The van der Waals surface area contributed by atoms with Crippen LogP contribution in [0.15, 0.2) is 59.2 Å². The minimum atomic E-state index is 0.764. The molecule has 5 heteroatoms. The topological polar surface area (TPSA) is 39.1 Å². The van der Waals surface area contributed by atoms with Gasteiger partial charge in [0.25, 0.3) is 0 Å². The first-order chi connectivity index (χ1) is 11.2. The van der Waals surface area contributed by atoms with Crippen LogP contribution >= 0.6 is 15.9 Å². The van der Waals surface area contributed by atoms with Crippen molar-refractivity contribution in [1.29, 1.82) is 0 Å². The summed E-state index contributed by atoms with van der Waals surface area (Å²) >= 11 is 3.55. The van der Waals surface area contributed by atoms with Gasteiger partial charge in [-0.2, -0.15) is 5.10 Å². The summed E-state index contributed by atoms with van der Waals surface area (Å²) in [7, 11) is 3.62. The van der Waals surface area contributed by atoms with Gasteiger partial charge in [0.05, 0.1) is 23.5 Å². The molecule has 4 nitrogen and oxygen atoms in total. The van der Waals surface area contributed by atoms with Crippen molar-refractivity contribution in [1.82, 2.24) is 9.78 Å². The van der Waals surface area contributed by atoms with E-state index in [0.717, 1.165) is 33.7 Å². The molecule has 0 aliphatic rings. The molecule has 0 saturated heterocycles. The fourth-order valence-electron chi connectivity index (χ4n) is 2.46. The van der Waals surface area contributed by atoms with E-state index >= 15 is 0 Å². The minimum absolute atomic E-state index is 0.764. The quantitative estimate of drug-likeness (QED) is 0.718. The normalized spacial score (nSPS) is 10.6. The molecule has 0 unspecified atom stereocenters. The molecule has 2 aromatic carbocycles. The molecule has 0 aliphatic heterocycles. The molecule has 1 heterocycles. The Morgan fingerprint density at radius 1 is 1.17 bits per heavy atom. The lowest BCUT2D eigenvalue weighted by atomic mass is 10.1. The number of rotatable bonds is 5. The van der Waals surface area contributed by atoms with Gasteiger partial charge in [-0.05, 0) is 45.8 Å². The summed E-state index contributed by atoms with van der Waals surface area (Å²) in [6.07, 6.45) is 1.81. The fourth-order valence-corrected chi connectivity index (χ4v) is 3.04. The molecule has 0 aliphatic carbocycles. The summed E-state index contributed by atoms with van der Waals surface area (Å²) in [4.78, 5) is 0. The molecule has 0 bridgehead atoms. The van der Waals surface area contributed by atoms with E-state index < -0.39 is 0 Å². The van der Waals surface area contributed by atoms with Crippen LogP contribution in [-0.2, 0) is 13.6 Å². The highest BCUT2D eigenvalue weighted by Crippen LogP contribution is 2.29. The molecule has 1 N–H and O–H groups in total. The molecule has 0 fully saturated rings. The second-order valence-electron chi connectivity index (χ2n) is 5.25. The van der Waals surface area contributed by atoms with E-state index in [-0.39, 0.29) is 0 Å². The Balaban J connectivity index is 1.75. The Morgan fingerprint density at radius 2 is 1.96 bits per heavy atom. The van der Waals surface area contributed by atoms with Gasteiger partial charge < -0.3 is 10.1 Å². The molecule has 0 atom stereocenters. The van der Waals surface area contributed by atoms with E-state index in [1.165, 1.54) is 5.56 Å². The Hall–Kier alpha value is -2.27. The molecule has 1 aromatic heterocycles. The lowest BCUT2D eigenvalue weighted by Gasteiger charge is -2.10. The lowest BCUT2D eigenvalue weighted by Crippen LogP contribution is -2.00. The summed E-state index contributed by atoms with van der Waals surface area (Å²) in [6, 6.07) is 16.4. The second-order valence-corrected chi connectivity index (χ2v) is 6.10. The zero-order valence-electron chi connectivity index (χ0n) is 13.1. The van der Waals surface area contributed by atoms with Gasteiger partial charge in [-0.25, -0.2) is 0 Å². The van der Waals surface area contributed by atoms with Gasteiger partial charge in [-0.1, -0.05) is 24.3 Å². The third-order valence-corrected chi connectivity index (χ3v) is 4.27. The van der Waals surface area contributed by atoms with Gasteiger partial charge in [0.2, 0.25) is 0 Å². The number of aromatic nitrogens is 2. The van der Waals surface area contributed by atoms with Gasteiger partial charge >= 0.3 is 0 Å². The van der Waals surface area contributed by atoms with Crippen LogP contribution in [0.1, 0.15) is 5.56 Å². The number of hydrogen-bond acceptors (Lipinski definition) is 3. The van der Waals surface area contributed by atoms with Gasteiger partial charge in [-0.3, -0.25) is 4.68 Å². The summed E-state index contributed by atoms with van der Waals surface area (Å²) in [5, 5.41) is 7.72. The monoisotopic (exact) mass is 371 g/mol. The van der Waals surface area contributed by atoms with Gasteiger partial charge in [-0.15, -0.1) is 0 Å². The molecule has 0 saturated carbocycles. The molecule has 0 amide bonds. The highest BCUT2D eigenvalue weighted by atomic mass is 79.9. The smallest absolute Gasteiger partial charge is 0.118 e. The number of anilines is 1. The third-order valence-electron chi connectivity index (χ3n) is 3.69. The van der Waals surface area contributed by atoms with E-state index in [4.69, 9.17) is 4.74 Å². The Bertz CT molecular complexity index is 777. The van der Waals surface area contributed by atoms with Crippen molar-refractivity contribution in [2.45, 2.75) is 6.54 Å². The van der Waals surface area contributed by atoms with Gasteiger partial charge in [0, 0.05) is 24.8 Å². The largest absolute Gasteiger partial charge is 0.497 e. The summed E-state index contributed by atoms with van der Waals surface area (Å²) < 4.78 is 8.04. The van der Waals surface area contributed by atoms with E-state index in [1.807, 2.05) is 36.1 Å². The molecule has 3 aromatic rings. The predicted octanol–water partition coefficient (Wildman–Crippen LogP) is 4.47. The maximum absolute atomic E-state index is 5.18. The third kappa shape index (κ3) is 3.56. The van der Waals surface area contributed by atoms with Crippen molar-refractivity contribution in [2.75, 3.05) is 12.4 Å². The van der Waals surface area contributed by atoms with Gasteiger partial charge in [0.15, 0.2) is 0 Å². The summed E-state index contributed by atoms with van der Waals surface area (Å²) in [5.41, 5.74) is 4.47. The molecule has 0 spiro atoms. The maximum Gasteiger partial charge on any atom is 0.118 e. The van der Waals surface area contributed by atoms with Crippen molar-refractivity contribution < 1.29 is 4.74 Å². The number of methoxy groups -OCH3 is 1. The number of ether oxygens (including phenoxy) is 1. The predicted molar refractivity (Wildman–Crippen MR) is 96.7 cm³/mol.